The van der Waals surface area contributed by atoms with Crippen LogP contribution in [0.5, 0.6) is 0 Å². The molecular weight excluding hydrogens is 372 g/mol. The van der Waals surface area contributed by atoms with E-state index in [1.807, 2.05) is 30.3 Å². The van der Waals surface area contributed by atoms with E-state index >= 15 is 0 Å². The zero-order valence-electron chi connectivity index (χ0n) is 14.6. The van der Waals surface area contributed by atoms with Crippen molar-refractivity contribution in [3.05, 3.63) is 35.7 Å². The van der Waals surface area contributed by atoms with Crippen molar-refractivity contribution >= 4 is 32.9 Å². The summed E-state index contributed by atoms with van der Waals surface area (Å²) in [5.74, 6) is -0.972. The molecule has 140 valence electrons. The molecule has 0 aliphatic heterocycles. The fraction of sp³-hybridized carbons (Fsp3) is 0.389. The molecule has 6 nitrogen and oxygen atoms in total. The molecule has 0 radical (unpaired) electrons. The monoisotopic (exact) mass is 394 g/mol. The Balaban J connectivity index is 1.78. The first-order valence-corrected chi connectivity index (χ1v) is 11.0. The molecule has 1 aromatic carbocycles. The molecule has 0 bridgehead atoms. The van der Waals surface area contributed by atoms with Gasteiger partial charge in [-0.15, -0.1) is 11.3 Å². The van der Waals surface area contributed by atoms with Crippen molar-refractivity contribution in [3.8, 4) is 11.3 Å². The van der Waals surface area contributed by atoms with E-state index in [4.69, 9.17) is 0 Å². The molecule has 0 aliphatic carbocycles. The molecule has 1 heterocycles. The number of ketones is 1. The standard InChI is InChI=1S/C18H22N2O4S2/c1-19-17(22)16(21)11-7-2-3-8-12-26(23,24)18-20-15(13-25-18)14-9-5-4-6-10-14/h4-6,9-10,13H,2-3,7-8,11-12H2,1H3,(H,19,22). The van der Waals surface area contributed by atoms with Crippen LogP contribution < -0.4 is 5.32 Å². The molecule has 0 unspecified atom stereocenters. The summed E-state index contributed by atoms with van der Waals surface area (Å²) in [6, 6.07) is 9.46. The average Bonchev–Trinajstić information content (AvgIpc) is 3.15. The number of sulfone groups is 1. The number of hydrogen-bond donors (Lipinski definition) is 1. The fourth-order valence-corrected chi connectivity index (χ4v) is 4.94. The number of Topliss-reactive ketones (excluding diaryl/α,β-unsaturated/α-hetero) is 1. The number of hydrogen-bond acceptors (Lipinski definition) is 6. The van der Waals surface area contributed by atoms with Gasteiger partial charge in [-0.1, -0.05) is 43.2 Å². The van der Waals surface area contributed by atoms with Crippen LogP contribution in [0.4, 0.5) is 0 Å². The summed E-state index contributed by atoms with van der Waals surface area (Å²) < 4.78 is 24.9. The highest BCUT2D eigenvalue weighted by Gasteiger charge is 2.19. The van der Waals surface area contributed by atoms with E-state index in [1.165, 1.54) is 7.05 Å². The van der Waals surface area contributed by atoms with Crippen molar-refractivity contribution in [3.63, 3.8) is 0 Å². The molecule has 0 fully saturated rings. The van der Waals surface area contributed by atoms with E-state index in [0.29, 0.717) is 31.4 Å². The molecule has 8 heteroatoms. The molecular formula is C18H22N2O4S2. The van der Waals surface area contributed by atoms with Crippen LogP contribution in [0.25, 0.3) is 11.3 Å². The number of nitrogens with zero attached hydrogens (tertiary/aromatic N) is 1. The second-order valence-corrected chi connectivity index (χ2v) is 8.99. The van der Waals surface area contributed by atoms with Crippen molar-refractivity contribution in [2.45, 2.75) is 36.4 Å². The van der Waals surface area contributed by atoms with Gasteiger partial charge >= 0.3 is 0 Å². The number of nitrogens with one attached hydrogen (secondary N) is 1. The molecule has 1 amide bonds. The number of benzene rings is 1. The minimum atomic E-state index is -3.39. The van der Waals surface area contributed by atoms with Crippen molar-refractivity contribution in [2.75, 3.05) is 12.8 Å². The fourth-order valence-electron chi connectivity index (χ4n) is 2.41. The van der Waals surface area contributed by atoms with Crippen molar-refractivity contribution < 1.29 is 18.0 Å². The first-order valence-electron chi connectivity index (χ1n) is 8.42. The van der Waals surface area contributed by atoms with Crippen LogP contribution in [0.2, 0.25) is 0 Å². The quantitative estimate of drug-likeness (QED) is 0.494. The lowest BCUT2D eigenvalue weighted by atomic mass is 10.1. The van der Waals surface area contributed by atoms with E-state index < -0.39 is 21.5 Å². The Labute approximate surface area is 157 Å². The van der Waals surface area contributed by atoms with Gasteiger partial charge < -0.3 is 5.32 Å². The van der Waals surface area contributed by atoms with Crippen molar-refractivity contribution in [1.82, 2.24) is 10.3 Å². The van der Waals surface area contributed by atoms with E-state index in [-0.39, 0.29) is 16.5 Å². The molecule has 26 heavy (non-hydrogen) atoms. The molecule has 0 spiro atoms. The Kier molecular flexibility index (Phi) is 7.47. The predicted molar refractivity (Wildman–Crippen MR) is 102 cm³/mol. The number of amides is 1. The maximum Gasteiger partial charge on any atom is 0.287 e. The Morgan fingerprint density at radius 1 is 1.08 bits per heavy atom. The van der Waals surface area contributed by atoms with E-state index in [1.54, 1.807) is 5.38 Å². The first-order chi connectivity index (χ1) is 12.4. The number of likely N-dealkylation sites (N-methyl/N-ethyl adjacent to an activating group) is 1. The number of carbonyl (C=O) groups is 2. The average molecular weight is 395 g/mol. The van der Waals surface area contributed by atoms with E-state index in [2.05, 4.69) is 10.3 Å². The summed E-state index contributed by atoms with van der Waals surface area (Å²) in [5.41, 5.74) is 1.56. The van der Waals surface area contributed by atoms with Gasteiger partial charge in [-0.3, -0.25) is 9.59 Å². The number of aromatic nitrogens is 1. The van der Waals surface area contributed by atoms with Crippen molar-refractivity contribution in [1.29, 1.82) is 0 Å². The van der Waals surface area contributed by atoms with Gasteiger partial charge in [0.2, 0.25) is 20.0 Å². The summed E-state index contributed by atoms with van der Waals surface area (Å²) in [5, 5.41) is 4.05. The summed E-state index contributed by atoms with van der Waals surface area (Å²) in [6.07, 6.45) is 2.69. The van der Waals surface area contributed by atoms with Crippen LogP contribution in [-0.2, 0) is 19.4 Å². The smallest absolute Gasteiger partial charge is 0.287 e. The Bertz CT molecular complexity index is 845. The van der Waals surface area contributed by atoms with Crippen LogP contribution in [0, 0.1) is 0 Å². The molecule has 0 saturated carbocycles. The largest absolute Gasteiger partial charge is 0.353 e. The predicted octanol–water partition coefficient (Wildman–Crippen LogP) is 2.85. The lowest BCUT2D eigenvalue weighted by Gasteiger charge is -2.02. The molecule has 2 rings (SSSR count). The highest BCUT2D eigenvalue weighted by Crippen LogP contribution is 2.25. The van der Waals surface area contributed by atoms with Crippen molar-refractivity contribution in [2.24, 2.45) is 0 Å². The molecule has 0 atom stereocenters. The SMILES string of the molecule is CNC(=O)C(=O)CCCCCCS(=O)(=O)c1nc(-c2ccccc2)cs1. The van der Waals surface area contributed by atoms with Crippen LogP contribution >= 0.6 is 11.3 Å². The second-order valence-electron chi connectivity index (χ2n) is 5.85. The Hall–Kier alpha value is -2.06. The number of unbranched alkanes of at least 4 members (excludes halogenated alkanes) is 3. The summed E-state index contributed by atoms with van der Waals surface area (Å²) in [7, 11) is -1.97. The molecule has 0 saturated heterocycles. The van der Waals surface area contributed by atoms with Gasteiger partial charge in [-0.05, 0) is 12.8 Å². The maximum absolute atomic E-state index is 12.4. The Morgan fingerprint density at radius 3 is 2.46 bits per heavy atom. The highest BCUT2D eigenvalue weighted by atomic mass is 32.2. The zero-order valence-corrected chi connectivity index (χ0v) is 16.2. The number of rotatable bonds is 10. The lowest BCUT2D eigenvalue weighted by molar-refractivity contribution is -0.137. The van der Waals surface area contributed by atoms with Crippen LogP contribution in [0.15, 0.2) is 40.1 Å². The summed E-state index contributed by atoms with van der Waals surface area (Å²) in [6.45, 7) is 0. The first kappa shape index (κ1) is 20.3. The minimum Gasteiger partial charge on any atom is -0.353 e. The second kappa shape index (κ2) is 9.59. The van der Waals surface area contributed by atoms with E-state index in [9.17, 15) is 18.0 Å². The third-order valence-corrected chi connectivity index (χ3v) is 7.00. The number of thiazole rings is 1. The minimum absolute atomic E-state index is 0.0398. The third kappa shape index (κ3) is 5.74. The molecule has 1 N–H and O–H groups in total. The molecule has 1 aromatic heterocycles. The van der Waals surface area contributed by atoms with Crippen LogP contribution in [-0.4, -0.2) is 37.9 Å². The summed E-state index contributed by atoms with van der Waals surface area (Å²) >= 11 is 1.14. The van der Waals surface area contributed by atoms with Gasteiger partial charge in [0.05, 0.1) is 11.4 Å². The Morgan fingerprint density at radius 2 is 1.77 bits per heavy atom. The van der Waals surface area contributed by atoms with Gasteiger partial charge in [-0.25, -0.2) is 13.4 Å². The zero-order chi connectivity index (χ0) is 19.0. The molecule has 2 aromatic rings. The highest BCUT2D eigenvalue weighted by molar-refractivity contribution is 7.93. The van der Waals surface area contributed by atoms with Gasteiger partial charge in [0.15, 0.2) is 0 Å². The van der Waals surface area contributed by atoms with Crippen LogP contribution in [0.3, 0.4) is 0 Å². The van der Waals surface area contributed by atoms with Crippen LogP contribution in [0.1, 0.15) is 32.1 Å². The lowest BCUT2D eigenvalue weighted by Crippen LogP contribution is -2.27. The third-order valence-electron chi connectivity index (χ3n) is 3.87. The number of carbonyl (C=O) groups excluding carboxylic acids is 2. The van der Waals surface area contributed by atoms with Gasteiger partial charge in [0, 0.05) is 24.4 Å². The van der Waals surface area contributed by atoms with Gasteiger partial charge in [0.25, 0.3) is 5.91 Å². The molecule has 0 aliphatic rings. The summed E-state index contributed by atoms with van der Waals surface area (Å²) in [4.78, 5) is 26.7. The normalized spacial score (nSPS) is 11.3. The topological polar surface area (TPSA) is 93.2 Å². The van der Waals surface area contributed by atoms with Gasteiger partial charge in [0.1, 0.15) is 0 Å². The maximum atomic E-state index is 12.4. The van der Waals surface area contributed by atoms with E-state index in [0.717, 1.165) is 16.9 Å². The van der Waals surface area contributed by atoms with Gasteiger partial charge in [-0.2, -0.15) is 0 Å².